The van der Waals surface area contributed by atoms with Crippen LogP contribution in [0.1, 0.15) is 47.1 Å². The lowest BCUT2D eigenvalue weighted by atomic mass is 10.0. The van der Waals surface area contributed by atoms with E-state index in [2.05, 4.69) is 61.5 Å². The maximum Gasteiger partial charge on any atom is -0.0105 e. The van der Waals surface area contributed by atoms with Crippen molar-refractivity contribution >= 4 is 21.5 Å². The molecule has 0 saturated heterocycles. The van der Waals surface area contributed by atoms with Gasteiger partial charge in [-0.1, -0.05) is 102 Å². The van der Waals surface area contributed by atoms with Crippen molar-refractivity contribution in [2.45, 2.75) is 48.5 Å². The molecule has 0 aliphatic heterocycles. The van der Waals surface area contributed by atoms with Gasteiger partial charge in [0.2, 0.25) is 0 Å². The quantitative estimate of drug-likeness (QED) is 0.377. The standard InChI is InChI=1S/C15H12.3C2H6/c1-11-6-9-15-13(10-11)8-7-12-4-2-3-5-14(12)15;3*1-2/h2-10H,1H3;3*1-2H3. The zero-order valence-corrected chi connectivity index (χ0v) is 14.7. The Bertz CT molecular complexity index is 636. The van der Waals surface area contributed by atoms with E-state index in [0.717, 1.165) is 0 Å². The molecule has 0 nitrogen and oxygen atoms in total. The van der Waals surface area contributed by atoms with E-state index in [-0.39, 0.29) is 0 Å². The lowest BCUT2D eigenvalue weighted by molar-refractivity contribution is 1.50. The number of fused-ring (bicyclic) bond motifs is 3. The molecule has 0 saturated carbocycles. The van der Waals surface area contributed by atoms with Gasteiger partial charge in [0.1, 0.15) is 0 Å². The number of hydrogen-bond donors (Lipinski definition) is 0. The zero-order chi connectivity index (χ0) is 16.3. The minimum atomic E-state index is 1.31. The highest BCUT2D eigenvalue weighted by Crippen LogP contribution is 2.25. The van der Waals surface area contributed by atoms with Crippen LogP contribution in [0.25, 0.3) is 21.5 Å². The van der Waals surface area contributed by atoms with Gasteiger partial charge in [-0.3, -0.25) is 0 Å². The lowest BCUT2D eigenvalue weighted by Gasteiger charge is -2.04. The Morgan fingerprint density at radius 3 is 1.71 bits per heavy atom. The minimum Gasteiger partial charge on any atom is -0.0683 e. The van der Waals surface area contributed by atoms with Crippen molar-refractivity contribution in [1.29, 1.82) is 0 Å². The average molecular weight is 282 g/mol. The Morgan fingerprint density at radius 1 is 0.524 bits per heavy atom. The van der Waals surface area contributed by atoms with Crippen molar-refractivity contribution in [2.24, 2.45) is 0 Å². The first kappa shape index (κ1) is 19.2. The van der Waals surface area contributed by atoms with Crippen LogP contribution >= 0.6 is 0 Å². The second-order valence-electron chi connectivity index (χ2n) is 4.01. The molecule has 0 N–H and O–H groups in total. The molecule has 0 spiro atoms. The van der Waals surface area contributed by atoms with Crippen LogP contribution in [0, 0.1) is 6.92 Å². The third-order valence-electron chi connectivity index (χ3n) is 2.90. The molecule has 21 heavy (non-hydrogen) atoms. The van der Waals surface area contributed by atoms with Gasteiger partial charge in [0.25, 0.3) is 0 Å². The predicted molar refractivity (Wildman–Crippen MR) is 100 cm³/mol. The van der Waals surface area contributed by atoms with E-state index in [1.54, 1.807) is 0 Å². The second-order valence-corrected chi connectivity index (χ2v) is 4.01. The highest BCUT2D eigenvalue weighted by Gasteiger charge is 1.98. The van der Waals surface area contributed by atoms with Crippen LogP contribution < -0.4 is 0 Å². The topological polar surface area (TPSA) is 0 Å². The molecule has 0 radical (unpaired) electrons. The summed E-state index contributed by atoms with van der Waals surface area (Å²) in [4.78, 5) is 0. The van der Waals surface area contributed by atoms with Crippen molar-refractivity contribution in [1.82, 2.24) is 0 Å². The zero-order valence-electron chi connectivity index (χ0n) is 14.7. The third-order valence-corrected chi connectivity index (χ3v) is 2.90. The fourth-order valence-electron chi connectivity index (χ4n) is 2.13. The minimum absolute atomic E-state index is 1.31. The summed E-state index contributed by atoms with van der Waals surface area (Å²) in [6.45, 7) is 14.1. The van der Waals surface area contributed by atoms with Crippen molar-refractivity contribution in [2.75, 3.05) is 0 Å². The van der Waals surface area contributed by atoms with Crippen LogP contribution in [-0.2, 0) is 0 Å². The van der Waals surface area contributed by atoms with Gasteiger partial charge >= 0.3 is 0 Å². The summed E-state index contributed by atoms with van der Waals surface area (Å²) < 4.78 is 0. The van der Waals surface area contributed by atoms with Crippen molar-refractivity contribution < 1.29 is 0 Å². The van der Waals surface area contributed by atoms with Gasteiger partial charge in [-0.05, 0) is 28.5 Å². The number of benzene rings is 3. The lowest BCUT2D eigenvalue weighted by Crippen LogP contribution is -1.78. The SMILES string of the molecule is CC.CC.CC.Cc1ccc2c(ccc3ccccc32)c1. The smallest absolute Gasteiger partial charge is 0.0105 e. The molecule has 0 bridgehead atoms. The molecule has 0 heteroatoms. The summed E-state index contributed by atoms with van der Waals surface area (Å²) in [5.41, 5.74) is 1.32. The highest BCUT2D eigenvalue weighted by atomic mass is 14.0. The summed E-state index contributed by atoms with van der Waals surface area (Å²) in [6.07, 6.45) is 0. The first-order valence-corrected chi connectivity index (χ1v) is 8.23. The van der Waals surface area contributed by atoms with Gasteiger partial charge in [0.05, 0.1) is 0 Å². The fourth-order valence-corrected chi connectivity index (χ4v) is 2.13. The van der Waals surface area contributed by atoms with Crippen molar-refractivity contribution in [3.63, 3.8) is 0 Å². The highest BCUT2D eigenvalue weighted by molar-refractivity contribution is 6.07. The molecular formula is C21H30. The summed E-state index contributed by atoms with van der Waals surface area (Å²) >= 11 is 0. The Labute approximate surface area is 130 Å². The van der Waals surface area contributed by atoms with Crippen LogP contribution in [-0.4, -0.2) is 0 Å². The summed E-state index contributed by atoms with van der Waals surface area (Å²) in [5.74, 6) is 0. The number of rotatable bonds is 0. The van der Waals surface area contributed by atoms with Gasteiger partial charge in [-0.15, -0.1) is 0 Å². The second kappa shape index (κ2) is 10.9. The van der Waals surface area contributed by atoms with E-state index in [0.29, 0.717) is 0 Å². The summed E-state index contributed by atoms with van der Waals surface area (Å²) in [5, 5.41) is 5.33. The molecule has 0 aliphatic carbocycles. The van der Waals surface area contributed by atoms with Crippen LogP contribution in [0.5, 0.6) is 0 Å². The molecule has 0 aliphatic rings. The maximum absolute atomic E-state index is 2.24. The molecule has 0 unspecified atom stereocenters. The molecule has 0 atom stereocenters. The van der Waals surface area contributed by atoms with E-state index in [1.165, 1.54) is 27.1 Å². The van der Waals surface area contributed by atoms with Gasteiger partial charge in [0.15, 0.2) is 0 Å². The van der Waals surface area contributed by atoms with Crippen LogP contribution in [0.2, 0.25) is 0 Å². The van der Waals surface area contributed by atoms with Crippen LogP contribution in [0.15, 0.2) is 54.6 Å². The Morgan fingerprint density at radius 2 is 1.05 bits per heavy atom. The fraction of sp³-hybridized carbons (Fsp3) is 0.333. The van der Waals surface area contributed by atoms with E-state index in [1.807, 2.05) is 41.5 Å². The van der Waals surface area contributed by atoms with Crippen LogP contribution in [0.3, 0.4) is 0 Å². The van der Waals surface area contributed by atoms with Gasteiger partial charge in [-0.25, -0.2) is 0 Å². The van der Waals surface area contributed by atoms with Gasteiger partial charge < -0.3 is 0 Å². The van der Waals surface area contributed by atoms with Gasteiger partial charge in [-0.2, -0.15) is 0 Å². The molecule has 0 heterocycles. The molecule has 3 aromatic rings. The molecule has 3 aromatic carbocycles. The predicted octanol–water partition coefficient (Wildman–Crippen LogP) is 7.38. The van der Waals surface area contributed by atoms with Crippen molar-refractivity contribution in [3.05, 3.63) is 60.2 Å². The largest absolute Gasteiger partial charge is 0.0683 e. The molecule has 0 aromatic heterocycles. The molecule has 3 rings (SSSR count). The Balaban J connectivity index is 0.000000598. The number of aryl methyl sites for hydroxylation is 1. The van der Waals surface area contributed by atoms with Crippen LogP contribution in [0.4, 0.5) is 0 Å². The molecular weight excluding hydrogens is 252 g/mol. The third kappa shape index (κ3) is 4.90. The maximum atomic E-state index is 2.24. The van der Waals surface area contributed by atoms with E-state index >= 15 is 0 Å². The van der Waals surface area contributed by atoms with Gasteiger partial charge in [0, 0.05) is 0 Å². The van der Waals surface area contributed by atoms with E-state index in [4.69, 9.17) is 0 Å². The Kier molecular flexibility index (Phi) is 9.96. The molecule has 0 amide bonds. The average Bonchev–Trinajstić information content (AvgIpc) is 2.60. The number of hydrogen-bond acceptors (Lipinski definition) is 0. The molecule has 0 fully saturated rings. The first-order valence-electron chi connectivity index (χ1n) is 8.23. The van der Waals surface area contributed by atoms with E-state index in [9.17, 15) is 0 Å². The van der Waals surface area contributed by atoms with E-state index < -0.39 is 0 Å². The normalized spacial score (nSPS) is 8.71. The Hall–Kier alpha value is -1.82. The first-order chi connectivity index (χ1) is 10.3. The molecule has 114 valence electrons. The van der Waals surface area contributed by atoms with Crippen molar-refractivity contribution in [3.8, 4) is 0 Å². The monoisotopic (exact) mass is 282 g/mol. The summed E-state index contributed by atoms with van der Waals surface area (Å²) in [7, 11) is 0. The summed E-state index contributed by atoms with van der Waals surface area (Å²) in [6, 6.07) is 19.6.